The quantitative estimate of drug-likeness (QED) is 0.185. The molecule has 2 saturated carbocycles. The minimum absolute atomic E-state index is 0.0610. The van der Waals surface area contributed by atoms with Gasteiger partial charge in [-0.25, -0.2) is 9.59 Å². The first-order valence-electron chi connectivity index (χ1n) is 21.3. The Hall–Kier alpha value is -5.24. The summed E-state index contributed by atoms with van der Waals surface area (Å²) in [7, 11) is 0. The number of para-hydroxylation sites is 2. The number of hydrogen-bond acceptors (Lipinski definition) is 6. The lowest BCUT2D eigenvalue weighted by molar-refractivity contribution is 0.0100. The van der Waals surface area contributed by atoms with Crippen LogP contribution in [0.25, 0.3) is 0 Å². The summed E-state index contributed by atoms with van der Waals surface area (Å²) >= 11 is 0. The number of ketones is 2. The zero-order valence-corrected chi connectivity index (χ0v) is 34.3. The van der Waals surface area contributed by atoms with Gasteiger partial charge in [-0.2, -0.15) is 0 Å². The van der Waals surface area contributed by atoms with E-state index in [0.717, 1.165) is 51.4 Å². The van der Waals surface area contributed by atoms with Crippen LogP contribution in [0.4, 0.5) is 21.0 Å². The van der Waals surface area contributed by atoms with Crippen molar-refractivity contribution in [3.63, 3.8) is 0 Å². The van der Waals surface area contributed by atoms with E-state index < -0.39 is 24.3 Å². The maximum atomic E-state index is 15.0. The van der Waals surface area contributed by atoms with E-state index in [-0.39, 0.29) is 59.3 Å². The van der Waals surface area contributed by atoms with Gasteiger partial charge in [0, 0.05) is 35.8 Å². The molecule has 0 N–H and O–H groups in total. The number of benzene rings is 4. The Morgan fingerprint density at radius 1 is 0.500 bits per heavy atom. The predicted octanol–water partition coefficient (Wildman–Crippen LogP) is 11.3. The molecule has 0 spiro atoms. The normalized spacial score (nSPS) is 25.0. The third-order valence-electron chi connectivity index (χ3n) is 14.0. The Bertz CT molecular complexity index is 1990. The molecule has 2 aliphatic carbocycles. The molecule has 1 unspecified atom stereocenters. The van der Waals surface area contributed by atoms with Gasteiger partial charge in [-0.05, 0) is 84.7 Å². The van der Waals surface area contributed by atoms with Crippen molar-refractivity contribution in [2.24, 2.45) is 11.8 Å². The molecule has 0 saturated heterocycles. The number of anilines is 2. The molecule has 0 aromatic heterocycles. The van der Waals surface area contributed by atoms with Gasteiger partial charge in [-0.15, -0.1) is 0 Å². The highest BCUT2D eigenvalue weighted by atomic mass is 16.6. The van der Waals surface area contributed by atoms with E-state index in [0.29, 0.717) is 22.5 Å². The monoisotopic (exact) mass is 780 g/mol. The van der Waals surface area contributed by atoms with Crippen molar-refractivity contribution in [2.45, 2.75) is 127 Å². The second-order valence-corrected chi connectivity index (χ2v) is 18.0. The minimum Gasteiger partial charge on any atom is -0.446 e. The highest BCUT2D eigenvalue weighted by Gasteiger charge is 2.50. The summed E-state index contributed by atoms with van der Waals surface area (Å²) in [6.07, 6.45) is 5.22. The Labute approximate surface area is 342 Å². The number of ether oxygens (including phenoxy) is 2. The zero-order valence-electron chi connectivity index (χ0n) is 34.3. The second kappa shape index (κ2) is 16.2. The van der Waals surface area contributed by atoms with Crippen LogP contribution < -0.4 is 9.80 Å². The molecule has 2 aliphatic heterocycles. The second-order valence-electron chi connectivity index (χ2n) is 18.0. The first-order valence-corrected chi connectivity index (χ1v) is 21.3. The molecular formula is C50H56N2O6. The lowest BCUT2D eigenvalue weighted by Gasteiger charge is -2.48. The molecule has 0 radical (unpaired) electrons. The molecule has 302 valence electrons. The van der Waals surface area contributed by atoms with Crippen LogP contribution in [0.15, 0.2) is 109 Å². The largest absolute Gasteiger partial charge is 0.446 e. The number of nitrogens with zero attached hydrogens (tertiary/aromatic N) is 2. The molecule has 4 aromatic rings. The first-order chi connectivity index (χ1) is 28.0. The van der Waals surface area contributed by atoms with Crippen molar-refractivity contribution in [3.05, 3.63) is 131 Å². The number of rotatable bonds is 7. The highest BCUT2D eigenvalue weighted by molar-refractivity contribution is 6.11. The van der Waals surface area contributed by atoms with Crippen molar-refractivity contribution in [2.75, 3.05) is 9.80 Å². The summed E-state index contributed by atoms with van der Waals surface area (Å²) in [4.78, 5) is 61.2. The summed E-state index contributed by atoms with van der Waals surface area (Å²) in [5.74, 6) is -0.180. The van der Waals surface area contributed by atoms with Crippen LogP contribution in [0, 0.1) is 11.8 Å². The van der Waals surface area contributed by atoms with Crippen molar-refractivity contribution in [3.8, 4) is 0 Å². The minimum atomic E-state index is -0.883. The Morgan fingerprint density at radius 2 is 0.845 bits per heavy atom. The molecule has 0 bridgehead atoms. The fourth-order valence-corrected chi connectivity index (χ4v) is 10.7. The average molecular weight is 781 g/mol. The van der Waals surface area contributed by atoms with Crippen molar-refractivity contribution in [1.29, 1.82) is 0 Å². The van der Waals surface area contributed by atoms with E-state index in [1.165, 1.54) is 11.1 Å². The smallest absolute Gasteiger partial charge is 0.414 e. The summed E-state index contributed by atoms with van der Waals surface area (Å²) in [5.41, 5.74) is 3.55. The van der Waals surface area contributed by atoms with Gasteiger partial charge in [0.1, 0.15) is 12.2 Å². The number of Topliss-reactive ketones (excluding diaryl/α,β-unsaturated/α-hetero) is 2. The highest BCUT2D eigenvalue weighted by Crippen LogP contribution is 2.46. The number of fused-ring (bicyclic) bond motifs is 2. The van der Waals surface area contributed by atoms with Crippen LogP contribution in [-0.4, -0.2) is 48.0 Å². The van der Waals surface area contributed by atoms with Gasteiger partial charge in [0.2, 0.25) is 0 Å². The van der Waals surface area contributed by atoms with Crippen molar-refractivity contribution >= 4 is 35.1 Å². The third-order valence-corrected chi connectivity index (χ3v) is 14.0. The van der Waals surface area contributed by atoms with Crippen LogP contribution in [0.3, 0.4) is 0 Å². The van der Waals surface area contributed by atoms with Gasteiger partial charge in [-0.1, -0.05) is 125 Å². The molecule has 8 heteroatoms. The number of hydrogen-bond donors (Lipinski definition) is 0. The summed E-state index contributed by atoms with van der Waals surface area (Å²) in [5, 5.41) is 0. The van der Waals surface area contributed by atoms with E-state index in [1.54, 1.807) is 46.2 Å². The van der Waals surface area contributed by atoms with E-state index in [2.05, 4.69) is 52.0 Å². The molecule has 58 heavy (non-hydrogen) atoms. The maximum absolute atomic E-state index is 15.0. The molecule has 4 aromatic carbocycles. The Morgan fingerprint density at radius 3 is 1.24 bits per heavy atom. The topological polar surface area (TPSA) is 93.2 Å². The molecular weight excluding hydrogens is 725 g/mol. The van der Waals surface area contributed by atoms with Gasteiger partial charge < -0.3 is 9.47 Å². The lowest BCUT2D eigenvalue weighted by atomic mass is 9.66. The Kier molecular flexibility index (Phi) is 11.0. The summed E-state index contributed by atoms with van der Waals surface area (Å²) < 4.78 is 13.3. The van der Waals surface area contributed by atoms with Crippen molar-refractivity contribution < 1.29 is 28.7 Å². The molecule has 2 heterocycles. The van der Waals surface area contributed by atoms with E-state index in [9.17, 15) is 19.2 Å². The van der Waals surface area contributed by atoms with E-state index in [1.807, 2.05) is 48.5 Å². The zero-order chi connectivity index (χ0) is 40.6. The SMILES string of the molecule is CC(C)(c1ccccc1)[C@H]1CCCC[C@@H]1OC(=O)N1c2ccccc2C(=O)CC1[C@H]1CC(=O)c2ccccc2N1C(=O)O[C@H]1CCCC[C@@H]1C(C)(C)c1ccccc1. The molecule has 8 nitrogen and oxygen atoms in total. The Balaban J connectivity index is 1.15. The van der Waals surface area contributed by atoms with Crippen LogP contribution in [0.2, 0.25) is 0 Å². The van der Waals surface area contributed by atoms with Gasteiger partial charge in [0.15, 0.2) is 11.6 Å². The lowest BCUT2D eigenvalue weighted by Crippen LogP contribution is -2.61. The van der Waals surface area contributed by atoms with Gasteiger partial charge in [0.05, 0.1) is 23.5 Å². The fraction of sp³-hybridized carbons (Fsp3) is 0.440. The molecule has 4 aliphatic rings. The van der Waals surface area contributed by atoms with Gasteiger partial charge in [0.25, 0.3) is 0 Å². The van der Waals surface area contributed by atoms with E-state index >= 15 is 0 Å². The van der Waals surface area contributed by atoms with E-state index in [4.69, 9.17) is 9.47 Å². The molecule has 6 atom stereocenters. The average Bonchev–Trinajstić information content (AvgIpc) is 3.24. The summed E-state index contributed by atoms with van der Waals surface area (Å²) in [6.45, 7) is 8.90. The van der Waals surface area contributed by atoms with Crippen LogP contribution in [-0.2, 0) is 20.3 Å². The molecule has 2 amide bonds. The third kappa shape index (κ3) is 7.35. The van der Waals surface area contributed by atoms with Crippen LogP contribution >= 0.6 is 0 Å². The fourth-order valence-electron chi connectivity index (χ4n) is 10.7. The standard InChI is InChI=1S/C50H56N2O6/c1-49(2,33-19-7-5-8-20-33)37-25-13-17-29-45(37)57-47(55)51-39-27-15-11-23-35(39)43(53)31-41(51)42-32-44(54)36-24-12-16-28-40(36)52(42)48(56)58-46-30-18-14-26-38(46)50(3,4)34-21-9-6-10-22-34/h5-12,15-16,19-24,27-28,37-38,41-42,45-46H,13-14,17-18,25-26,29-32H2,1-4H3/t37-,38-,41+,42?,45-,46-/m0/s1. The predicted molar refractivity (Wildman–Crippen MR) is 227 cm³/mol. The van der Waals surface area contributed by atoms with Crippen molar-refractivity contribution in [1.82, 2.24) is 0 Å². The van der Waals surface area contributed by atoms with Gasteiger partial charge >= 0.3 is 12.2 Å². The summed E-state index contributed by atoms with van der Waals surface area (Å²) in [6, 6.07) is 33.2. The maximum Gasteiger partial charge on any atom is 0.414 e. The molecule has 2 fully saturated rings. The van der Waals surface area contributed by atoms with Crippen LogP contribution in [0.1, 0.15) is 124 Å². The number of carbonyl (C=O) groups excluding carboxylic acids is 4. The molecule has 8 rings (SSSR count). The first kappa shape index (κ1) is 39.6. The number of carbonyl (C=O) groups is 4. The van der Waals surface area contributed by atoms with Crippen LogP contribution in [0.5, 0.6) is 0 Å². The van der Waals surface area contributed by atoms with Gasteiger partial charge in [-0.3, -0.25) is 19.4 Å². The number of amides is 2.